The number of benzene rings is 1. The number of carbonyl (C=O) groups excluding carboxylic acids is 1. The zero-order valence-electron chi connectivity index (χ0n) is 12.2. The van der Waals surface area contributed by atoms with E-state index in [9.17, 15) is 4.79 Å². The van der Waals surface area contributed by atoms with Gasteiger partial charge in [-0.3, -0.25) is 4.79 Å². The molecule has 1 fully saturated rings. The van der Waals surface area contributed by atoms with Gasteiger partial charge in [-0.15, -0.1) is 0 Å². The molecule has 1 aliphatic heterocycles. The third-order valence-electron chi connectivity index (χ3n) is 3.69. The largest absolute Gasteiger partial charge is 0.370 e. The Kier molecular flexibility index (Phi) is 4.46. The van der Waals surface area contributed by atoms with Crippen molar-refractivity contribution in [1.82, 2.24) is 0 Å². The Hall–Kier alpha value is -1.51. The molecule has 19 heavy (non-hydrogen) atoms. The Morgan fingerprint density at radius 2 is 1.89 bits per heavy atom. The van der Waals surface area contributed by atoms with E-state index in [4.69, 9.17) is 0 Å². The fraction of sp³-hybridized carbons (Fsp3) is 0.562. The molecule has 1 amide bonds. The predicted octanol–water partition coefficient (Wildman–Crippen LogP) is 3.76. The molecule has 0 bridgehead atoms. The van der Waals surface area contributed by atoms with Crippen molar-refractivity contribution in [2.24, 2.45) is 0 Å². The van der Waals surface area contributed by atoms with E-state index >= 15 is 0 Å². The SMILES string of the molecule is CC(=O)Nc1cc(C(C)C)ccc1N1CCCCC1. The summed E-state index contributed by atoms with van der Waals surface area (Å²) in [6, 6.07) is 6.46. The molecule has 0 unspecified atom stereocenters. The first-order chi connectivity index (χ1) is 9.08. The smallest absolute Gasteiger partial charge is 0.221 e. The maximum atomic E-state index is 11.4. The van der Waals surface area contributed by atoms with Gasteiger partial charge in [0.05, 0.1) is 11.4 Å². The van der Waals surface area contributed by atoms with Crippen LogP contribution in [0.4, 0.5) is 11.4 Å². The highest BCUT2D eigenvalue weighted by Gasteiger charge is 2.16. The molecule has 104 valence electrons. The summed E-state index contributed by atoms with van der Waals surface area (Å²) in [5.74, 6) is 0.474. The molecular weight excluding hydrogens is 236 g/mol. The number of amides is 1. The fourth-order valence-electron chi connectivity index (χ4n) is 2.61. The van der Waals surface area contributed by atoms with Gasteiger partial charge in [0.2, 0.25) is 5.91 Å². The number of carbonyl (C=O) groups is 1. The molecule has 1 saturated heterocycles. The van der Waals surface area contributed by atoms with Gasteiger partial charge < -0.3 is 10.2 Å². The van der Waals surface area contributed by atoms with E-state index in [0.29, 0.717) is 5.92 Å². The van der Waals surface area contributed by atoms with Crippen LogP contribution in [0.3, 0.4) is 0 Å². The minimum Gasteiger partial charge on any atom is -0.370 e. The number of piperidine rings is 1. The predicted molar refractivity (Wildman–Crippen MR) is 80.9 cm³/mol. The molecule has 0 radical (unpaired) electrons. The molecule has 2 rings (SSSR count). The molecule has 3 heteroatoms. The normalized spacial score (nSPS) is 15.7. The molecule has 1 aromatic carbocycles. The van der Waals surface area contributed by atoms with E-state index in [2.05, 4.69) is 42.3 Å². The lowest BCUT2D eigenvalue weighted by molar-refractivity contribution is -0.114. The zero-order chi connectivity index (χ0) is 13.8. The molecule has 0 saturated carbocycles. The Labute approximate surface area is 116 Å². The molecule has 0 spiro atoms. The van der Waals surface area contributed by atoms with Gasteiger partial charge in [-0.25, -0.2) is 0 Å². The molecular formula is C16H24N2O. The maximum Gasteiger partial charge on any atom is 0.221 e. The summed E-state index contributed by atoms with van der Waals surface area (Å²) in [4.78, 5) is 13.8. The van der Waals surface area contributed by atoms with E-state index in [1.54, 1.807) is 6.92 Å². The summed E-state index contributed by atoms with van der Waals surface area (Å²) in [5.41, 5.74) is 3.39. The number of hydrogen-bond acceptors (Lipinski definition) is 2. The molecule has 1 aromatic rings. The van der Waals surface area contributed by atoms with E-state index in [1.807, 2.05) is 0 Å². The highest BCUT2D eigenvalue weighted by atomic mass is 16.1. The van der Waals surface area contributed by atoms with E-state index < -0.39 is 0 Å². The molecule has 1 N–H and O–H groups in total. The number of hydrogen-bond donors (Lipinski definition) is 1. The minimum atomic E-state index is -0.000773. The second kappa shape index (κ2) is 6.09. The van der Waals surface area contributed by atoms with E-state index in [0.717, 1.165) is 18.8 Å². The first-order valence-electron chi connectivity index (χ1n) is 7.24. The lowest BCUT2D eigenvalue weighted by atomic mass is 10.0. The van der Waals surface area contributed by atoms with Gasteiger partial charge in [0, 0.05) is 20.0 Å². The van der Waals surface area contributed by atoms with Gasteiger partial charge in [0.25, 0.3) is 0 Å². The number of nitrogens with one attached hydrogen (secondary N) is 1. The van der Waals surface area contributed by atoms with Crippen LogP contribution in [0.2, 0.25) is 0 Å². The van der Waals surface area contributed by atoms with Crippen LogP contribution in [0.25, 0.3) is 0 Å². The summed E-state index contributed by atoms with van der Waals surface area (Å²) in [6.45, 7) is 8.10. The quantitative estimate of drug-likeness (QED) is 0.897. The Bertz CT molecular complexity index is 448. The van der Waals surface area contributed by atoms with Crippen molar-refractivity contribution in [3.63, 3.8) is 0 Å². The van der Waals surface area contributed by atoms with Gasteiger partial charge in [0.1, 0.15) is 0 Å². The van der Waals surface area contributed by atoms with Crippen LogP contribution < -0.4 is 10.2 Å². The standard InChI is InChI=1S/C16H24N2O/c1-12(2)14-7-8-16(15(11-14)17-13(3)19)18-9-5-4-6-10-18/h7-8,11-12H,4-6,9-10H2,1-3H3,(H,17,19). The van der Waals surface area contributed by atoms with Crippen LogP contribution in [0, 0.1) is 0 Å². The van der Waals surface area contributed by atoms with Crippen molar-refractivity contribution < 1.29 is 4.79 Å². The van der Waals surface area contributed by atoms with E-state index in [-0.39, 0.29) is 5.91 Å². The average molecular weight is 260 g/mol. The van der Waals surface area contributed by atoms with Crippen LogP contribution in [0.5, 0.6) is 0 Å². The van der Waals surface area contributed by atoms with Crippen LogP contribution >= 0.6 is 0 Å². The van der Waals surface area contributed by atoms with Gasteiger partial charge in [-0.05, 0) is 42.9 Å². The van der Waals surface area contributed by atoms with Crippen LogP contribution in [-0.4, -0.2) is 19.0 Å². The maximum absolute atomic E-state index is 11.4. The molecule has 0 atom stereocenters. The molecule has 0 aromatic heterocycles. The third-order valence-corrected chi connectivity index (χ3v) is 3.69. The first-order valence-corrected chi connectivity index (χ1v) is 7.24. The second-order valence-electron chi connectivity index (χ2n) is 5.66. The summed E-state index contributed by atoms with van der Waals surface area (Å²) in [7, 11) is 0. The third kappa shape index (κ3) is 3.49. The van der Waals surface area contributed by atoms with Crippen LogP contribution in [0.1, 0.15) is 51.5 Å². The van der Waals surface area contributed by atoms with Crippen molar-refractivity contribution in [2.45, 2.75) is 46.0 Å². The molecule has 1 heterocycles. The van der Waals surface area contributed by atoms with E-state index in [1.165, 1.54) is 30.5 Å². The van der Waals surface area contributed by atoms with Crippen LogP contribution in [-0.2, 0) is 4.79 Å². The van der Waals surface area contributed by atoms with Crippen molar-refractivity contribution in [2.75, 3.05) is 23.3 Å². The monoisotopic (exact) mass is 260 g/mol. The molecule has 0 aliphatic carbocycles. The average Bonchev–Trinajstić information content (AvgIpc) is 2.39. The lowest BCUT2D eigenvalue weighted by Gasteiger charge is -2.31. The van der Waals surface area contributed by atoms with Crippen molar-refractivity contribution in [1.29, 1.82) is 0 Å². The molecule has 3 nitrogen and oxygen atoms in total. The van der Waals surface area contributed by atoms with Gasteiger partial charge in [0.15, 0.2) is 0 Å². The number of nitrogens with zero attached hydrogens (tertiary/aromatic N) is 1. The minimum absolute atomic E-state index is 0.000773. The molecule has 1 aliphatic rings. The second-order valence-corrected chi connectivity index (χ2v) is 5.66. The zero-order valence-corrected chi connectivity index (χ0v) is 12.2. The van der Waals surface area contributed by atoms with Crippen molar-refractivity contribution in [3.8, 4) is 0 Å². The first kappa shape index (κ1) is 13.9. The van der Waals surface area contributed by atoms with Gasteiger partial charge >= 0.3 is 0 Å². The number of anilines is 2. The van der Waals surface area contributed by atoms with Crippen molar-refractivity contribution in [3.05, 3.63) is 23.8 Å². The van der Waals surface area contributed by atoms with Crippen molar-refractivity contribution >= 4 is 17.3 Å². The lowest BCUT2D eigenvalue weighted by Crippen LogP contribution is -2.30. The fourth-order valence-corrected chi connectivity index (χ4v) is 2.61. The van der Waals surface area contributed by atoms with Gasteiger partial charge in [-0.1, -0.05) is 19.9 Å². The Morgan fingerprint density at radius 3 is 2.47 bits per heavy atom. The topological polar surface area (TPSA) is 32.3 Å². The highest BCUT2D eigenvalue weighted by molar-refractivity contribution is 5.93. The Morgan fingerprint density at radius 1 is 1.21 bits per heavy atom. The Balaban J connectivity index is 2.31. The van der Waals surface area contributed by atoms with Gasteiger partial charge in [-0.2, -0.15) is 0 Å². The summed E-state index contributed by atoms with van der Waals surface area (Å²) >= 11 is 0. The highest BCUT2D eigenvalue weighted by Crippen LogP contribution is 2.31. The van der Waals surface area contributed by atoms with Crippen LogP contribution in [0.15, 0.2) is 18.2 Å². The summed E-state index contributed by atoms with van der Waals surface area (Å²) < 4.78 is 0. The summed E-state index contributed by atoms with van der Waals surface area (Å²) in [5, 5.41) is 2.99. The number of rotatable bonds is 3. The summed E-state index contributed by atoms with van der Waals surface area (Å²) in [6.07, 6.45) is 3.80.